The van der Waals surface area contributed by atoms with Gasteiger partial charge in [-0.3, -0.25) is 9.78 Å². The molecule has 0 aliphatic carbocycles. The average molecular weight is 348 g/mol. The number of amides is 1. The molecule has 9 heteroatoms. The first kappa shape index (κ1) is 18.2. The Labute approximate surface area is 144 Å². The van der Waals surface area contributed by atoms with Gasteiger partial charge in [-0.1, -0.05) is 0 Å². The summed E-state index contributed by atoms with van der Waals surface area (Å²) in [5, 5.41) is 11.6. The third kappa shape index (κ3) is 4.43. The number of rotatable bonds is 8. The number of unbranched alkanes of at least 4 members (excludes halogenated alkanes) is 1. The van der Waals surface area contributed by atoms with E-state index in [0.29, 0.717) is 37.4 Å². The molecular weight excluding hydrogens is 328 g/mol. The van der Waals surface area contributed by atoms with Crippen molar-refractivity contribution in [1.29, 1.82) is 5.26 Å². The second-order valence-corrected chi connectivity index (χ2v) is 6.67. The van der Waals surface area contributed by atoms with Crippen molar-refractivity contribution in [2.75, 3.05) is 24.2 Å². The van der Waals surface area contributed by atoms with Crippen molar-refractivity contribution < 1.29 is 9.59 Å². The van der Waals surface area contributed by atoms with Crippen LogP contribution < -0.4 is 11.1 Å². The molecule has 3 N–H and O–H groups in total. The highest BCUT2D eigenvalue weighted by Crippen LogP contribution is 2.26. The van der Waals surface area contributed by atoms with Crippen LogP contribution in [-0.2, 0) is 9.59 Å². The fourth-order valence-electron chi connectivity index (χ4n) is 2.42. The molecular formula is C15H20N6O2S. The van der Waals surface area contributed by atoms with Crippen molar-refractivity contribution in [1.82, 2.24) is 14.9 Å². The molecule has 24 heavy (non-hydrogen) atoms. The lowest BCUT2D eigenvalue weighted by atomic mass is 9.93. The Bertz CT molecular complexity index is 608. The zero-order chi connectivity index (χ0) is 17.4. The summed E-state index contributed by atoms with van der Waals surface area (Å²) in [4.78, 5) is 33.4. The van der Waals surface area contributed by atoms with Crippen LogP contribution in [0.2, 0.25) is 0 Å². The maximum atomic E-state index is 12.5. The highest BCUT2D eigenvalue weighted by Gasteiger charge is 2.41. The van der Waals surface area contributed by atoms with E-state index in [0.717, 1.165) is 6.42 Å². The molecule has 2 rings (SSSR count). The van der Waals surface area contributed by atoms with E-state index in [4.69, 9.17) is 11.0 Å². The Morgan fingerprint density at radius 1 is 1.58 bits per heavy atom. The first-order valence-corrected chi connectivity index (χ1v) is 8.73. The minimum absolute atomic E-state index is 0.247. The molecule has 2 heterocycles. The molecule has 1 amide bonds. The molecule has 0 aromatic carbocycles. The van der Waals surface area contributed by atoms with Gasteiger partial charge in [-0.05, 0) is 19.3 Å². The number of nitrogens with two attached hydrogens (primary N) is 1. The van der Waals surface area contributed by atoms with E-state index >= 15 is 0 Å². The van der Waals surface area contributed by atoms with Crippen LogP contribution in [0.15, 0.2) is 18.6 Å². The van der Waals surface area contributed by atoms with E-state index in [9.17, 15) is 9.59 Å². The van der Waals surface area contributed by atoms with Crippen LogP contribution >= 0.6 is 11.8 Å². The molecule has 1 fully saturated rings. The molecule has 1 aromatic rings. The maximum absolute atomic E-state index is 12.5. The van der Waals surface area contributed by atoms with Gasteiger partial charge in [0.15, 0.2) is 10.9 Å². The molecule has 2 atom stereocenters. The van der Waals surface area contributed by atoms with Gasteiger partial charge in [0, 0.05) is 31.2 Å². The molecule has 0 radical (unpaired) electrons. The number of carbonyl (C=O) groups excluding carboxylic acids is 2. The van der Waals surface area contributed by atoms with Gasteiger partial charge in [0.25, 0.3) is 5.91 Å². The van der Waals surface area contributed by atoms with Gasteiger partial charge >= 0.3 is 0 Å². The lowest BCUT2D eigenvalue weighted by molar-refractivity contribution is -0.139. The smallest absolute Gasteiger partial charge is 0.251 e. The normalized spacial score (nSPS) is 19.3. The highest BCUT2D eigenvalue weighted by molar-refractivity contribution is 8.00. The Morgan fingerprint density at radius 2 is 2.42 bits per heavy atom. The molecule has 0 spiro atoms. The molecule has 0 saturated carbocycles. The predicted molar refractivity (Wildman–Crippen MR) is 90.9 cm³/mol. The van der Waals surface area contributed by atoms with Crippen molar-refractivity contribution in [2.24, 2.45) is 5.73 Å². The first-order valence-electron chi connectivity index (χ1n) is 7.68. The fraction of sp³-hybridized carbons (Fsp3) is 0.533. The lowest BCUT2D eigenvalue weighted by Crippen LogP contribution is -2.57. The summed E-state index contributed by atoms with van der Waals surface area (Å²) in [5.41, 5.74) is 4.45. The zero-order valence-corrected chi connectivity index (χ0v) is 14.0. The Morgan fingerprint density at radius 3 is 3.08 bits per heavy atom. The Balaban J connectivity index is 1.81. The number of thioether (sulfide) groups is 1. The SMILES string of the molecule is N#CC1SCCN1C(=O)[C@](N)(C=O)CCCCNc1cnccn1. The van der Waals surface area contributed by atoms with Gasteiger partial charge in [-0.2, -0.15) is 5.26 Å². The van der Waals surface area contributed by atoms with Crippen molar-refractivity contribution in [3.8, 4) is 6.07 Å². The molecule has 1 aliphatic rings. The summed E-state index contributed by atoms with van der Waals surface area (Å²) in [7, 11) is 0. The highest BCUT2D eigenvalue weighted by atomic mass is 32.2. The number of anilines is 1. The van der Waals surface area contributed by atoms with E-state index in [1.165, 1.54) is 16.7 Å². The Hall–Kier alpha value is -2.18. The van der Waals surface area contributed by atoms with E-state index in [2.05, 4.69) is 21.4 Å². The van der Waals surface area contributed by atoms with Crippen LogP contribution in [-0.4, -0.2) is 56.8 Å². The number of hydrogen-bond donors (Lipinski definition) is 2. The summed E-state index contributed by atoms with van der Waals surface area (Å²) in [6, 6.07) is 2.06. The third-order valence-corrected chi connectivity index (χ3v) is 4.85. The molecule has 1 unspecified atom stereocenters. The summed E-state index contributed by atoms with van der Waals surface area (Å²) in [5.74, 6) is 0.894. The van der Waals surface area contributed by atoms with Gasteiger partial charge in [0.2, 0.25) is 0 Å². The van der Waals surface area contributed by atoms with E-state index < -0.39 is 16.8 Å². The molecule has 1 aliphatic heterocycles. The van der Waals surface area contributed by atoms with Gasteiger partial charge < -0.3 is 20.7 Å². The predicted octanol–water partition coefficient (Wildman–Crippen LogP) is 0.380. The number of hydrogen-bond acceptors (Lipinski definition) is 8. The quantitative estimate of drug-likeness (QED) is 0.392. The van der Waals surface area contributed by atoms with Crippen molar-refractivity contribution in [3.05, 3.63) is 18.6 Å². The third-order valence-electron chi connectivity index (χ3n) is 3.76. The lowest BCUT2D eigenvalue weighted by Gasteiger charge is -2.29. The van der Waals surface area contributed by atoms with Crippen LogP contribution in [0.3, 0.4) is 0 Å². The molecule has 1 aromatic heterocycles. The second-order valence-electron chi connectivity index (χ2n) is 5.48. The molecule has 128 valence electrons. The van der Waals surface area contributed by atoms with Crippen LogP contribution in [0.5, 0.6) is 0 Å². The largest absolute Gasteiger partial charge is 0.369 e. The van der Waals surface area contributed by atoms with Gasteiger partial charge in [-0.25, -0.2) is 4.98 Å². The van der Waals surface area contributed by atoms with Crippen LogP contribution in [0.4, 0.5) is 5.82 Å². The standard InChI is InChI=1S/C15H20N6O2S/c16-9-13-21(7-8-24-13)14(23)15(17,11-22)3-1-2-4-19-12-10-18-5-6-20-12/h5-6,10-11,13H,1-4,7-8,17H2,(H,19,20)/t13?,15-/m1/s1. The average Bonchev–Trinajstić information content (AvgIpc) is 3.10. The number of aldehydes is 1. The summed E-state index contributed by atoms with van der Waals surface area (Å²) in [6.45, 7) is 1.09. The minimum atomic E-state index is -1.56. The van der Waals surface area contributed by atoms with E-state index in [-0.39, 0.29) is 6.42 Å². The number of aromatic nitrogens is 2. The molecule has 8 nitrogen and oxygen atoms in total. The monoisotopic (exact) mass is 348 g/mol. The second kappa shape index (κ2) is 8.61. The van der Waals surface area contributed by atoms with Gasteiger partial charge in [0.05, 0.1) is 12.3 Å². The van der Waals surface area contributed by atoms with Crippen LogP contribution in [0, 0.1) is 11.3 Å². The van der Waals surface area contributed by atoms with Crippen molar-refractivity contribution >= 4 is 29.8 Å². The zero-order valence-electron chi connectivity index (χ0n) is 13.2. The number of nitrogens with one attached hydrogen (secondary N) is 1. The van der Waals surface area contributed by atoms with Crippen LogP contribution in [0.25, 0.3) is 0 Å². The summed E-state index contributed by atoms with van der Waals surface area (Å²) in [6.07, 6.45) is 6.89. The minimum Gasteiger partial charge on any atom is -0.369 e. The molecule has 0 bridgehead atoms. The summed E-state index contributed by atoms with van der Waals surface area (Å²) >= 11 is 1.38. The number of carbonyl (C=O) groups is 2. The molecule has 1 saturated heterocycles. The topological polar surface area (TPSA) is 125 Å². The fourth-order valence-corrected chi connectivity index (χ4v) is 3.40. The van der Waals surface area contributed by atoms with Crippen molar-refractivity contribution in [3.63, 3.8) is 0 Å². The van der Waals surface area contributed by atoms with E-state index in [1.54, 1.807) is 18.6 Å². The van der Waals surface area contributed by atoms with Gasteiger partial charge in [-0.15, -0.1) is 11.8 Å². The van der Waals surface area contributed by atoms with E-state index in [1.807, 2.05) is 0 Å². The summed E-state index contributed by atoms with van der Waals surface area (Å²) < 4.78 is 0. The van der Waals surface area contributed by atoms with Crippen LogP contribution in [0.1, 0.15) is 19.3 Å². The number of nitriles is 1. The van der Waals surface area contributed by atoms with Gasteiger partial charge in [0.1, 0.15) is 12.1 Å². The Kier molecular flexibility index (Phi) is 6.52. The maximum Gasteiger partial charge on any atom is 0.251 e. The first-order chi connectivity index (χ1) is 11.6. The number of nitrogens with zero attached hydrogens (tertiary/aromatic N) is 4. The van der Waals surface area contributed by atoms with Crippen molar-refractivity contribution in [2.45, 2.75) is 30.2 Å².